The van der Waals surface area contributed by atoms with Gasteiger partial charge in [-0.1, -0.05) is 12.1 Å². The first-order valence-electron chi connectivity index (χ1n) is 8.52. The molecule has 27 heavy (non-hydrogen) atoms. The topological polar surface area (TPSA) is 59.3 Å². The number of carbonyl (C=O) groups excluding carboxylic acids is 1. The Hall–Kier alpha value is -3.54. The molecule has 0 aliphatic carbocycles. The lowest BCUT2D eigenvalue weighted by Gasteiger charge is -2.20. The van der Waals surface area contributed by atoms with Crippen molar-refractivity contribution < 1.29 is 9.18 Å². The number of hydrogen-bond acceptors (Lipinski definition) is 3. The molecule has 1 aromatic carbocycles. The lowest BCUT2D eigenvalue weighted by molar-refractivity contribution is 0.0942. The second-order valence-corrected chi connectivity index (χ2v) is 6.30. The minimum atomic E-state index is -0.415. The normalized spacial score (nSPS) is 12.1. The lowest BCUT2D eigenvalue weighted by Crippen LogP contribution is -2.29. The van der Waals surface area contributed by atoms with Crippen LogP contribution in [0.15, 0.2) is 73.3 Å². The van der Waals surface area contributed by atoms with Gasteiger partial charge >= 0.3 is 0 Å². The fourth-order valence-electron chi connectivity index (χ4n) is 3.04. The van der Waals surface area contributed by atoms with Crippen LogP contribution in [0.4, 0.5) is 4.39 Å². The first kappa shape index (κ1) is 16.9. The molecule has 0 bridgehead atoms. The number of nitrogens with zero attached hydrogens (tertiary/aromatic N) is 3. The summed E-state index contributed by atoms with van der Waals surface area (Å²) in [6, 6.07) is 12.9. The van der Waals surface area contributed by atoms with Crippen LogP contribution in [0, 0.1) is 12.7 Å². The first-order valence-corrected chi connectivity index (χ1v) is 8.52. The summed E-state index contributed by atoms with van der Waals surface area (Å²) in [5.74, 6) is -0.547. The van der Waals surface area contributed by atoms with Crippen molar-refractivity contribution in [2.24, 2.45) is 0 Å². The van der Waals surface area contributed by atoms with E-state index in [1.54, 1.807) is 42.9 Å². The highest BCUT2D eigenvalue weighted by Gasteiger charge is 2.18. The highest BCUT2D eigenvalue weighted by molar-refractivity contribution is 5.94. The van der Waals surface area contributed by atoms with E-state index in [0.29, 0.717) is 5.56 Å². The standard InChI is InChI=1S/C21H17FN4O/c1-14-12-26-13-17(4-7-19(26)24-14)21(27)25-20(16-8-10-23-11-9-16)15-2-5-18(22)6-3-15/h2-13,20H,1H3,(H,25,27)/t20-/m1/s1. The number of rotatable bonds is 4. The molecule has 0 spiro atoms. The number of amides is 1. The van der Waals surface area contributed by atoms with Gasteiger partial charge in [-0.2, -0.15) is 0 Å². The van der Waals surface area contributed by atoms with E-state index in [9.17, 15) is 9.18 Å². The third-order valence-corrected chi connectivity index (χ3v) is 4.35. The number of aryl methyl sites for hydroxylation is 1. The maximum Gasteiger partial charge on any atom is 0.253 e. The first-order chi connectivity index (χ1) is 13.1. The molecule has 4 aromatic rings. The maximum absolute atomic E-state index is 13.3. The highest BCUT2D eigenvalue weighted by atomic mass is 19.1. The Morgan fingerprint density at radius 1 is 1.00 bits per heavy atom. The number of halogens is 1. The van der Waals surface area contributed by atoms with Gasteiger partial charge in [-0.05, 0) is 54.4 Å². The number of pyridine rings is 2. The zero-order valence-electron chi connectivity index (χ0n) is 14.6. The zero-order valence-corrected chi connectivity index (χ0v) is 14.6. The molecule has 3 heterocycles. The van der Waals surface area contributed by atoms with Crippen molar-refractivity contribution in [3.8, 4) is 0 Å². The molecule has 1 N–H and O–H groups in total. The van der Waals surface area contributed by atoms with Crippen LogP contribution in [0.1, 0.15) is 33.2 Å². The molecule has 4 rings (SSSR count). The lowest BCUT2D eigenvalue weighted by atomic mass is 9.99. The predicted molar refractivity (Wildman–Crippen MR) is 99.9 cm³/mol. The largest absolute Gasteiger partial charge is 0.341 e. The molecule has 0 radical (unpaired) electrons. The van der Waals surface area contributed by atoms with Gasteiger partial charge in [0.15, 0.2) is 0 Å². The molecule has 1 amide bonds. The molecule has 0 fully saturated rings. The number of hydrogen-bond donors (Lipinski definition) is 1. The number of fused-ring (bicyclic) bond motifs is 1. The highest BCUT2D eigenvalue weighted by Crippen LogP contribution is 2.22. The summed E-state index contributed by atoms with van der Waals surface area (Å²) in [5, 5.41) is 3.03. The van der Waals surface area contributed by atoms with Crippen LogP contribution >= 0.6 is 0 Å². The van der Waals surface area contributed by atoms with E-state index >= 15 is 0 Å². The Kier molecular flexibility index (Phi) is 4.38. The van der Waals surface area contributed by atoms with Gasteiger partial charge in [-0.15, -0.1) is 0 Å². The van der Waals surface area contributed by atoms with E-state index < -0.39 is 6.04 Å². The monoisotopic (exact) mass is 360 g/mol. The van der Waals surface area contributed by atoms with Gasteiger partial charge in [0.2, 0.25) is 0 Å². The Morgan fingerprint density at radius 3 is 2.44 bits per heavy atom. The summed E-state index contributed by atoms with van der Waals surface area (Å²) in [6.07, 6.45) is 6.95. The molecule has 0 unspecified atom stereocenters. The van der Waals surface area contributed by atoms with Gasteiger partial charge < -0.3 is 9.72 Å². The average Bonchev–Trinajstić information content (AvgIpc) is 3.06. The number of benzene rings is 1. The van der Waals surface area contributed by atoms with E-state index in [-0.39, 0.29) is 11.7 Å². The molecular formula is C21H17FN4O. The van der Waals surface area contributed by atoms with Crippen molar-refractivity contribution >= 4 is 11.6 Å². The summed E-state index contributed by atoms with van der Waals surface area (Å²) in [6.45, 7) is 1.90. The number of carbonyl (C=O) groups is 1. The van der Waals surface area contributed by atoms with Crippen LogP contribution in [-0.2, 0) is 0 Å². The van der Waals surface area contributed by atoms with Crippen molar-refractivity contribution in [3.05, 3.63) is 102 Å². The quantitative estimate of drug-likeness (QED) is 0.604. The third kappa shape index (κ3) is 3.55. The van der Waals surface area contributed by atoms with Crippen LogP contribution in [-0.4, -0.2) is 20.3 Å². The molecule has 1 atom stereocenters. The summed E-state index contributed by atoms with van der Waals surface area (Å²) < 4.78 is 15.1. The van der Waals surface area contributed by atoms with Gasteiger partial charge in [0, 0.05) is 24.8 Å². The van der Waals surface area contributed by atoms with E-state index in [0.717, 1.165) is 22.5 Å². The van der Waals surface area contributed by atoms with E-state index in [2.05, 4.69) is 15.3 Å². The summed E-state index contributed by atoms with van der Waals surface area (Å²) in [5.41, 5.74) is 3.84. The van der Waals surface area contributed by atoms with Crippen LogP contribution < -0.4 is 5.32 Å². The van der Waals surface area contributed by atoms with Gasteiger partial charge in [-0.3, -0.25) is 9.78 Å². The number of nitrogens with one attached hydrogen (secondary N) is 1. The zero-order chi connectivity index (χ0) is 18.8. The Morgan fingerprint density at radius 2 is 1.70 bits per heavy atom. The van der Waals surface area contributed by atoms with Crippen LogP contribution in [0.25, 0.3) is 5.65 Å². The number of aromatic nitrogens is 3. The van der Waals surface area contributed by atoms with E-state index in [1.165, 1.54) is 12.1 Å². The van der Waals surface area contributed by atoms with E-state index in [4.69, 9.17) is 0 Å². The maximum atomic E-state index is 13.3. The van der Waals surface area contributed by atoms with Crippen molar-refractivity contribution in [3.63, 3.8) is 0 Å². The van der Waals surface area contributed by atoms with Crippen molar-refractivity contribution in [1.29, 1.82) is 0 Å². The van der Waals surface area contributed by atoms with Crippen LogP contribution in [0.3, 0.4) is 0 Å². The SMILES string of the molecule is Cc1cn2cc(C(=O)N[C@@H](c3ccncc3)c3ccc(F)cc3)ccc2n1. The minimum absolute atomic E-state index is 0.227. The number of imidazole rings is 1. The predicted octanol–water partition coefficient (Wildman–Crippen LogP) is 3.70. The average molecular weight is 360 g/mol. The fraction of sp³-hybridized carbons (Fsp3) is 0.0952. The van der Waals surface area contributed by atoms with Gasteiger partial charge in [-0.25, -0.2) is 9.37 Å². The van der Waals surface area contributed by atoms with Crippen LogP contribution in [0.5, 0.6) is 0 Å². The smallest absolute Gasteiger partial charge is 0.253 e. The summed E-state index contributed by atoms with van der Waals surface area (Å²) >= 11 is 0. The molecule has 6 heteroatoms. The van der Waals surface area contributed by atoms with Crippen molar-refractivity contribution in [2.75, 3.05) is 0 Å². The Bertz CT molecular complexity index is 1090. The van der Waals surface area contributed by atoms with Crippen LogP contribution in [0.2, 0.25) is 0 Å². The summed E-state index contributed by atoms with van der Waals surface area (Å²) in [4.78, 5) is 21.3. The van der Waals surface area contributed by atoms with Crippen molar-refractivity contribution in [2.45, 2.75) is 13.0 Å². The molecule has 0 saturated carbocycles. The minimum Gasteiger partial charge on any atom is -0.341 e. The molecule has 0 saturated heterocycles. The van der Waals surface area contributed by atoms with Crippen molar-refractivity contribution in [1.82, 2.24) is 19.7 Å². The molecule has 134 valence electrons. The summed E-state index contributed by atoms with van der Waals surface area (Å²) in [7, 11) is 0. The Labute approximate surface area is 155 Å². The second kappa shape index (κ2) is 6.99. The van der Waals surface area contributed by atoms with Gasteiger partial charge in [0.1, 0.15) is 11.5 Å². The van der Waals surface area contributed by atoms with Gasteiger partial charge in [0.25, 0.3) is 5.91 Å². The molecule has 0 aliphatic rings. The molecular weight excluding hydrogens is 343 g/mol. The van der Waals surface area contributed by atoms with Gasteiger partial charge in [0.05, 0.1) is 17.3 Å². The fourth-order valence-corrected chi connectivity index (χ4v) is 3.04. The third-order valence-electron chi connectivity index (χ3n) is 4.35. The van der Waals surface area contributed by atoms with E-state index in [1.807, 2.05) is 29.7 Å². The Balaban J connectivity index is 1.67. The molecule has 5 nitrogen and oxygen atoms in total. The molecule has 3 aromatic heterocycles. The second-order valence-electron chi connectivity index (χ2n) is 6.30. The molecule has 0 aliphatic heterocycles.